The minimum Gasteiger partial charge on any atom is -0.352 e. The molecule has 3 aromatic carbocycles. The molecule has 4 nitrogen and oxygen atoms in total. The van der Waals surface area contributed by atoms with E-state index >= 15 is 0 Å². The van der Waals surface area contributed by atoms with Gasteiger partial charge in [-0.05, 0) is 53.8 Å². The number of hydrogen-bond acceptors (Lipinski definition) is 2. The molecule has 1 N–H and O–H groups in total. The lowest BCUT2D eigenvalue weighted by atomic mass is 10.0. The summed E-state index contributed by atoms with van der Waals surface area (Å²) in [6.45, 7) is 0.349. The first kappa shape index (κ1) is 25.5. The number of hydrogen-bond donors (Lipinski definition) is 1. The summed E-state index contributed by atoms with van der Waals surface area (Å²) in [6, 6.07) is 24.7. The zero-order chi connectivity index (χ0) is 24.6. The minimum absolute atomic E-state index is 0.0831. The maximum atomic E-state index is 13.8. The minimum atomic E-state index is -0.614. The average molecular weight is 554 g/mol. The van der Waals surface area contributed by atoms with Crippen LogP contribution < -0.4 is 5.32 Å². The van der Waals surface area contributed by atoms with Crippen molar-refractivity contribution in [1.82, 2.24) is 10.2 Å². The summed E-state index contributed by atoms with van der Waals surface area (Å²) in [5, 5.41) is 3.87. The molecule has 0 unspecified atom stereocenters. The van der Waals surface area contributed by atoms with Crippen molar-refractivity contribution < 1.29 is 9.59 Å². The Hall–Kier alpha value is -2.63. The van der Waals surface area contributed by atoms with Gasteiger partial charge in [-0.1, -0.05) is 95.0 Å². The fraction of sp³-hybridized carbons (Fsp3) is 0.310. The van der Waals surface area contributed by atoms with Crippen LogP contribution >= 0.6 is 27.5 Å². The largest absolute Gasteiger partial charge is 0.352 e. The quantitative estimate of drug-likeness (QED) is 0.336. The maximum absolute atomic E-state index is 13.8. The number of nitrogens with one attached hydrogen (secondary N) is 1. The molecule has 0 heterocycles. The topological polar surface area (TPSA) is 49.4 Å². The summed E-state index contributed by atoms with van der Waals surface area (Å²) >= 11 is 9.58. The first-order valence-electron chi connectivity index (χ1n) is 12.1. The van der Waals surface area contributed by atoms with Crippen LogP contribution in [0.25, 0.3) is 0 Å². The van der Waals surface area contributed by atoms with Crippen LogP contribution in [0.1, 0.15) is 42.4 Å². The van der Waals surface area contributed by atoms with Crippen molar-refractivity contribution in [3.05, 3.63) is 105 Å². The van der Waals surface area contributed by atoms with E-state index in [-0.39, 0.29) is 24.3 Å². The molecule has 0 aliphatic heterocycles. The van der Waals surface area contributed by atoms with Gasteiger partial charge in [-0.15, -0.1) is 0 Å². The van der Waals surface area contributed by atoms with Gasteiger partial charge in [0.25, 0.3) is 0 Å². The fourth-order valence-corrected chi connectivity index (χ4v) is 5.20. The lowest BCUT2D eigenvalue weighted by Crippen LogP contribution is -2.52. The molecule has 0 spiro atoms. The van der Waals surface area contributed by atoms with Gasteiger partial charge in [-0.25, -0.2) is 0 Å². The predicted molar refractivity (Wildman–Crippen MR) is 144 cm³/mol. The van der Waals surface area contributed by atoms with Crippen molar-refractivity contribution >= 4 is 39.3 Å². The van der Waals surface area contributed by atoms with E-state index in [1.54, 1.807) is 17.0 Å². The first-order chi connectivity index (χ1) is 17.0. The molecule has 4 rings (SSSR count). The normalized spacial score (nSPS) is 14.5. The van der Waals surface area contributed by atoms with E-state index in [1.807, 2.05) is 66.7 Å². The van der Waals surface area contributed by atoms with Gasteiger partial charge >= 0.3 is 0 Å². The molecule has 1 fully saturated rings. The number of amides is 2. The van der Waals surface area contributed by atoms with E-state index in [2.05, 4.69) is 21.2 Å². The number of nitrogens with zero attached hydrogens (tertiary/aromatic N) is 1. The highest BCUT2D eigenvalue weighted by atomic mass is 79.9. The Balaban J connectivity index is 1.65. The number of carbonyl (C=O) groups is 2. The lowest BCUT2D eigenvalue weighted by Gasteiger charge is -2.32. The highest BCUT2D eigenvalue weighted by Gasteiger charge is 2.32. The smallest absolute Gasteiger partial charge is 0.243 e. The van der Waals surface area contributed by atoms with Crippen LogP contribution in [0.2, 0.25) is 5.02 Å². The van der Waals surface area contributed by atoms with E-state index < -0.39 is 6.04 Å². The summed E-state index contributed by atoms with van der Waals surface area (Å²) in [5.41, 5.74) is 2.86. The van der Waals surface area contributed by atoms with Crippen molar-refractivity contribution in [3.63, 3.8) is 0 Å². The molecule has 3 aromatic rings. The fourth-order valence-electron chi connectivity index (χ4n) is 4.63. The molecule has 1 atom stereocenters. The Kier molecular flexibility index (Phi) is 9.00. The van der Waals surface area contributed by atoms with E-state index in [9.17, 15) is 9.59 Å². The van der Waals surface area contributed by atoms with E-state index in [0.717, 1.165) is 46.8 Å². The van der Waals surface area contributed by atoms with Gasteiger partial charge < -0.3 is 10.2 Å². The van der Waals surface area contributed by atoms with E-state index in [4.69, 9.17) is 11.6 Å². The molecule has 1 aliphatic carbocycles. The van der Waals surface area contributed by atoms with Crippen molar-refractivity contribution in [3.8, 4) is 0 Å². The van der Waals surface area contributed by atoms with Gasteiger partial charge in [-0.2, -0.15) is 0 Å². The van der Waals surface area contributed by atoms with Crippen molar-refractivity contribution in [2.75, 3.05) is 0 Å². The number of benzene rings is 3. The van der Waals surface area contributed by atoms with Crippen LogP contribution in [0.3, 0.4) is 0 Å². The molecule has 0 radical (unpaired) electrons. The molecule has 1 saturated carbocycles. The average Bonchev–Trinajstić information content (AvgIpc) is 3.36. The van der Waals surface area contributed by atoms with E-state index in [0.29, 0.717) is 18.0 Å². The summed E-state index contributed by atoms with van der Waals surface area (Å²) in [4.78, 5) is 29.2. The molecule has 1 aliphatic rings. The Labute approximate surface area is 220 Å². The third-order valence-corrected chi connectivity index (χ3v) is 7.23. The Bertz CT molecular complexity index is 1130. The second-order valence-electron chi connectivity index (χ2n) is 9.15. The summed E-state index contributed by atoms with van der Waals surface area (Å²) in [7, 11) is 0. The van der Waals surface area contributed by atoms with Gasteiger partial charge in [0.05, 0.1) is 6.42 Å². The lowest BCUT2D eigenvalue weighted by molar-refractivity contribution is -0.141. The third-order valence-electron chi connectivity index (χ3n) is 6.48. The van der Waals surface area contributed by atoms with E-state index in [1.165, 1.54) is 0 Å². The van der Waals surface area contributed by atoms with Gasteiger partial charge in [0.1, 0.15) is 6.04 Å². The Morgan fingerprint density at radius 1 is 0.914 bits per heavy atom. The third kappa shape index (κ3) is 7.42. The highest BCUT2D eigenvalue weighted by Crippen LogP contribution is 2.22. The molecule has 0 aromatic heterocycles. The van der Waals surface area contributed by atoms with Crippen LogP contribution in [0, 0.1) is 0 Å². The number of halogens is 2. The van der Waals surface area contributed by atoms with Crippen LogP contribution in [-0.2, 0) is 29.0 Å². The summed E-state index contributed by atoms with van der Waals surface area (Å²) < 4.78 is 0.940. The second kappa shape index (κ2) is 12.4. The molecule has 0 bridgehead atoms. The van der Waals surface area contributed by atoms with Crippen LogP contribution in [0.15, 0.2) is 83.3 Å². The summed E-state index contributed by atoms with van der Waals surface area (Å²) in [5.74, 6) is -0.171. The van der Waals surface area contributed by atoms with Crippen LogP contribution in [-0.4, -0.2) is 28.8 Å². The van der Waals surface area contributed by atoms with Crippen molar-refractivity contribution in [2.24, 2.45) is 0 Å². The van der Waals surface area contributed by atoms with Crippen LogP contribution in [0.4, 0.5) is 0 Å². The SMILES string of the molecule is O=C(NC1CCCC1)[C@@H](Cc1ccccc1)N(Cc1cccc(Br)c1)C(=O)Cc1ccc(Cl)cc1. The first-order valence-corrected chi connectivity index (χ1v) is 13.3. The molecular formula is C29H30BrClN2O2. The standard InChI is InChI=1S/C29H30BrClN2O2/c30-24-10-6-9-23(17-24)20-33(28(34)19-22-13-15-25(31)16-14-22)27(18-21-7-2-1-3-8-21)29(35)32-26-11-4-5-12-26/h1-3,6-10,13-17,26-27H,4-5,11-12,18-20H2,(H,32,35)/t27-/m1/s1. The van der Waals surface area contributed by atoms with Gasteiger partial charge in [0.2, 0.25) is 11.8 Å². The number of rotatable bonds is 9. The molecule has 0 saturated heterocycles. The van der Waals surface area contributed by atoms with Gasteiger partial charge in [-0.3, -0.25) is 9.59 Å². The summed E-state index contributed by atoms with van der Waals surface area (Å²) in [6.07, 6.45) is 4.91. The maximum Gasteiger partial charge on any atom is 0.243 e. The second-order valence-corrected chi connectivity index (χ2v) is 10.5. The monoisotopic (exact) mass is 552 g/mol. The van der Waals surface area contributed by atoms with Gasteiger partial charge in [0, 0.05) is 28.5 Å². The van der Waals surface area contributed by atoms with Gasteiger partial charge in [0.15, 0.2) is 0 Å². The Morgan fingerprint density at radius 2 is 1.60 bits per heavy atom. The zero-order valence-electron chi connectivity index (χ0n) is 19.6. The molecular weight excluding hydrogens is 524 g/mol. The number of carbonyl (C=O) groups excluding carboxylic acids is 2. The predicted octanol–water partition coefficient (Wildman–Crippen LogP) is 6.34. The molecule has 2 amide bonds. The molecule has 6 heteroatoms. The highest BCUT2D eigenvalue weighted by molar-refractivity contribution is 9.10. The van der Waals surface area contributed by atoms with Crippen molar-refractivity contribution in [1.29, 1.82) is 0 Å². The molecule has 35 heavy (non-hydrogen) atoms. The van der Waals surface area contributed by atoms with Crippen molar-refractivity contribution in [2.45, 2.75) is 57.2 Å². The Morgan fingerprint density at radius 3 is 2.29 bits per heavy atom. The molecule has 182 valence electrons. The zero-order valence-corrected chi connectivity index (χ0v) is 22.0. The van der Waals surface area contributed by atoms with Crippen LogP contribution in [0.5, 0.6) is 0 Å².